The van der Waals surface area contributed by atoms with Crippen LogP contribution in [0.15, 0.2) is 24.3 Å². The molecule has 7 nitrogen and oxygen atoms in total. The quantitative estimate of drug-likeness (QED) is 0.477. The van der Waals surface area contributed by atoms with E-state index < -0.39 is 30.6 Å². The minimum Gasteiger partial charge on any atom is -0.481 e. The average Bonchev–Trinajstić information content (AvgIpc) is 2.50. The second-order valence-electron chi connectivity index (χ2n) is 4.73. The summed E-state index contributed by atoms with van der Waals surface area (Å²) in [6.45, 7) is 0. The van der Waals surface area contributed by atoms with Gasteiger partial charge in [0.25, 0.3) is 0 Å². The lowest BCUT2D eigenvalue weighted by Crippen LogP contribution is -2.21. The summed E-state index contributed by atoms with van der Waals surface area (Å²) in [6.07, 6.45) is -3.37. The van der Waals surface area contributed by atoms with E-state index in [-0.39, 0.29) is 18.6 Å². The Bertz CT molecular complexity index is 535. The van der Waals surface area contributed by atoms with Gasteiger partial charge in [-0.1, -0.05) is 24.3 Å². The molecule has 0 aliphatic carbocycles. The molecule has 1 rings (SSSR count). The zero-order chi connectivity index (χ0) is 16.7. The second kappa shape index (κ2) is 8.26. The van der Waals surface area contributed by atoms with Crippen molar-refractivity contribution in [2.75, 3.05) is 7.11 Å². The smallest absolute Gasteiger partial charge is 0.306 e. The van der Waals surface area contributed by atoms with Gasteiger partial charge in [0.2, 0.25) is 0 Å². The first-order chi connectivity index (χ1) is 10.3. The van der Waals surface area contributed by atoms with Crippen LogP contribution in [0.25, 0.3) is 0 Å². The lowest BCUT2D eigenvalue weighted by atomic mass is 9.99. The third-order valence-corrected chi connectivity index (χ3v) is 3.11. The predicted octanol–water partition coefficient (Wildman–Crippen LogP) is 0.692. The first kappa shape index (κ1) is 17.8. The number of benzene rings is 1. The Morgan fingerprint density at radius 1 is 1.09 bits per heavy atom. The molecule has 0 amide bonds. The Kier molecular flexibility index (Phi) is 6.68. The molecule has 0 saturated carbocycles. The highest BCUT2D eigenvalue weighted by molar-refractivity contribution is 5.97. The molecule has 1 aromatic rings. The Morgan fingerprint density at radius 3 is 2.18 bits per heavy atom. The van der Waals surface area contributed by atoms with E-state index in [1.54, 1.807) is 0 Å². The summed E-state index contributed by atoms with van der Waals surface area (Å²) >= 11 is 0. The third-order valence-electron chi connectivity index (χ3n) is 3.11. The van der Waals surface area contributed by atoms with Crippen LogP contribution in [-0.2, 0) is 14.3 Å². The van der Waals surface area contributed by atoms with E-state index in [1.807, 2.05) is 0 Å². The van der Waals surface area contributed by atoms with Crippen molar-refractivity contribution in [1.82, 2.24) is 0 Å². The van der Waals surface area contributed by atoms with E-state index in [0.717, 1.165) is 0 Å². The van der Waals surface area contributed by atoms with Gasteiger partial charge in [-0.25, -0.2) is 0 Å². The van der Waals surface area contributed by atoms with Crippen LogP contribution in [0, 0.1) is 0 Å². The SMILES string of the molecule is COC(=O)CCC(=O)c1ccc(C(O)C(O)CC(=O)O)cc1. The van der Waals surface area contributed by atoms with Crippen LogP contribution in [0.5, 0.6) is 0 Å². The highest BCUT2D eigenvalue weighted by Crippen LogP contribution is 2.20. The molecular weight excluding hydrogens is 292 g/mol. The fourth-order valence-corrected chi connectivity index (χ4v) is 1.84. The molecule has 3 N–H and O–H groups in total. The maximum atomic E-state index is 11.8. The molecule has 0 aliphatic heterocycles. The molecule has 2 unspecified atom stereocenters. The maximum Gasteiger partial charge on any atom is 0.306 e. The second-order valence-corrected chi connectivity index (χ2v) is 4.73. The van der Waals surface area contributed by atoms with E-state index >= 15 is 0 Å². The first-order valence-electron chi connectivity index (χ1n) is 6.63. The van der Waals surface area contributed by atoms with Crippen molar-refractivity contribution in [3.8, 4) is 0 Å². The van der Waals surface area contributed by atoms with Gasteiger partial charge in [-0.05, 0) is 5.56 Å². The standard InChI is InChI=1S/C15H18O7/c1-22-14(20)7-6-11(16)9-2-4-10(5-3-9)15(21)12(17)8-13(18)19/h2-5,12,15,17,21H,6-8H2,1H3,(H,18,19). The Labute approximate surface area is 127 Å². The van der Waals surface area contributed by atoms with Gasteiger partial charge in [-0.15, -0.1) is 0 Å². The fraction of sp³-hybridized carbons (Fsp3) is 0.400. The van der Waals surface area contributed by atoms with Crippen molar-refractivity contribution in [3.05, 3.63) is 35.4 Å². The van der Waals surface area contributed by atoms with Crippen molar-refractivity contribution >= 4 is 17.7 Å². The molecule has 0 fully saturated rings. The van der Waals surface area contributed by atoms with Gasteiger partial charge in [0.05, 0.1) is 26.1 Å². The number of Topliss-reactive ketones (excluding diaryl/α,β-unsaturated/α-hetero) is 1. The number of rotatable bonds is 8. The Balaban J connectivity index is 2.67. The molecule has 0 aromatic heterocycles. The largest absolute Gasteiger partial charge is 0.481 e. The summed E-state index contributed by atoms with van der Waals surface area (Å²) in [4.78, 5) is 33.3. The average molecular weight is 310 g/mol. The fourth-order valence-electron chi connectivity index (χ4n) is 1.84. The van der Waals surface area contributed by atoms with Crippen LogP contribution in [-0.4, -0.2) is 46.3 Å². The number of carboxylic acid groups (broad SMARTS) is 1. The number of carbonyl (C=O) groups is 3. The molecule has 22 heavy (non-hydrogen) atoms. The van der Waals surface area contributed by atoms with Gasteiger partial charge in [0.1, 0.15) is 6.10 Å². The lowest BCUT2D eigenvalue weighted by Gasteiger charge is -2.16. The zero-order valence-corrected chi connectivity index (χ0v) is 12.1. The molecule has 0 aliphatic rings. The van der Waals surface area contributed by atoms with Crippen LogP contribution in [0.2, 0.25) is 0 Å². The van der Waals surface area contributed by atoms with Crippen LogP contribution in [0.3, 0.4) is 0 Å². The summed E-state index contributed by atoms with van der Waals surface area (Å²) in [6, 6.07) is 5.76. The third kappa shape index (κ3) is 5.27. The minimum atomic E-state index is -1.43. The van der Waals surface area contributed by atoms with Gasteiger partial charge in [0.15, 0.2) is 5.78 Å². The van der Waals surface area contributed by atoms with E-state index in [9.17, 15) is 24.6 Å². The normalized spacial score (nSPS) is 13.2. The monoisotopic (exact) mass is 310 g/mol. The number of aliphatic hydroxyl groups excluding tert-OH is 2. The van der Waals surface area contributed by atoms with Crippen LogP contribution in [0.1, 0.15) is 41.3 Å². The molecule has 0 heterocycles. The topological polar surface area (TPSA) is 121 Å². The maximum absolute atomic E-state index is 11.8. The van der Waals surface area contributed by atoms with Gasteiger partial charge in [-0.2, -0.15) is 0 Å². The van der Waals surface area contributed by atoms with Crippen molar-refractivity contribution in [1.29, 1.82) is 0 Å². The van der Waals surface area contributed by atoms with Crippen molar-refractivity contribution in [2.24, 2.45) is 0 Å². The van der Waals surface area contributed by atoms with Gasteiger partial charge in [-0.3, -0.25) is 14.4 Å². The lowest BCUT2D eigenvalue weighted by molar-refractivity contribution is -0.141. The van der Waals surface area contributed by atoms with Crippen molar-refractivity contribution < 1.29 is 34.4 Å². The van der Waals surface area contributed by atoms with Gasteiger partial charge in [0, 0.05) is 12.0 Å². The molecular formula is C15H18O7. The molecule has 7 heteroatoms. The number of methoxy groups -OCH3 is 1. The highest BCUT2D eigenvalue weighted by Gasteiger charge is 2.21. The van der Waals surface area contributed by atoms with Gasteiger partial charge < -0.3 is 20.1 Å². The van der Waals surface area contributed by atoms with Crippen LogP contribution >= 0.6 is 0 Å². The summed E-state index contributed by atoms with van der Waals surface area (Å²) in [5.74, 6) is -1.95. The molecule has 1 aromatic carbocycles. The Hall–Kier alpha value is -2.25. The summed E-state index contributed by atoms with van der Waals surface area (Å²) in [7, 11) is 1.24. The van der Waals surface area contributed by atoms with E-state index in [4.69, 9.17) is 5.11 Å². The zero-order valence-electron chi connectivity index (χ0n) is 12.1. The number of aliphatic carboxylic acids is 1. The molecule has 0 bridgehead atoms. The summed E-state index contributed by atoms with van der Waals surface area (Å²) < 4.78 is 4.45. The van der Waals surface area contributed by atoms with Crippen molar-refractivity contribution in [3.63, 3.8) is 0 Å². The predicted molar refractivity (Wildman–Crippen MR) is 75.2 cm³/mol. The minimum absolute atomic E-state index is 0.0101. The van der Waals surface area contributed by atoms with E-state index in [0.29, 0.717) is 11.1 Å². The number of esters is 1. The molecule has 0 spiro atoms. The molecule has 0 saturated heterocycles. The molecule has 0 radical (unpaired) electrons. The van der Waals surface area contributed by atoms with Crippen molar-refractivity contribution in [2.45, 2.75) is 31.5 Å². The number of hydrogen-bond donors (Lipinski definition) is 3. The van der Waals surface area contributed by atoms with E-state index in [2.05, 4.69) is 4.74 Å². The summed E-state index contributed by atoms with van der Waals surface area (Å²) in [5, 5.41) is 27.9. The van der Waals surface area contributed by atoms with Crippen LogP contribution in [0.4, 0.5) is 0 Å². The molecule has 120 valence electrons. The number of ketones is 1. The number of hydrogen-bond acceptors (Lipinski definition) is 6. The first-order valence-corrected chi connectivity index (χ1v) is 6.63. The highest BCUT2D eigenvalue weighted by atomic mass is 16.5. The molecule has 2 atom stereocenters. The summed E-state index contributed by atoms with van der Waals surface area (Å²) in [5.41, 5.74) is 0.658. The number of carboxylic acids is 1. The van der Waals surface area contributed by atoms with E-state index in [1.165, 1.54) is 31.4 Å². The number of aliphatic hydroxyl groups is 2. The Morgan fingerprint density at radius 2 is 1.68 bits per heavy atom. The number of ether oxygens (including phenoxy) is 1. The number of carbonyl (C=O) groups excluding carboxylic acids is 2. The van der Waals surface area contributed by atoms with Crippen LogP contribution < -0.4 is 0 Å². The van der Waals surface area contributed by atoms with Gasteiger partial charge >= 0.3 is 11.9 Å².